The number of aromatic nitrogens is 2. The first-order chi connectivity index (χ1) is 12.4. The number of halogens is 1. The lowest BCUT2D eigenvalue weighted by Crippen LogP contribution is -2.16. The Morgan fingerprint density at radius 3 is 2.69 bits per heavy atom. The van der Waals surface area contributed by atoms with Gasteiger partial charge in [0.1, 0.15) is 23.9 Å². The minimum Gasteiger partial charge on any atom is -0.489 e. The molecule has 2 heterocycles. The lowest BCUT2D eigenvalue weighted by Gasteiger charge is -2.09. The summed E-state index contributed by atoms with van der Waals surface area (Å²) >= 11 is 3.30. The summed E-state index contributed by atoms with van der Waals surface area (Å²) in [5, 5.41) is 6.57. The van der Waals surface area contributed by atoms with E-state index in [0.717, 1.165) is 15.8 Å². The number of pyridine rings is 1. The largest absolute Gasteiger partial charge is 0.489 e. The fourth-order valence-electron chi connectivity index (χ4n) is 2.32. The van der Waals surface area contributed by atoms with Crippen molar-refractivity contribution >= 4 is 27.7 Å². The molecule has 1 amide bonds. The number of aryl methyl sites for hydroxylation is 3. The van der Waals surface area contributed by atoms with Gasteiger partial charge in [-0.05, 0) is 72.1 Å². The molecule has 26 heavy (non-hydrogen) atoms. The molecule has 0 saturated carbocycles. The van der Waals surface area contributed by atoms with Crippen LogP contribution in [0.1, 0.15) is 32.9 Å². The Hall–Kier alpha value is -2.67. The van der Waals surface area contributed by atoms with E-state index in [0.29, 0.717) is 17.1 Å². The summed E-state index contributed by atoms with van der Waals surface area (Å²) < 4.78 is 11.8. The first-order valence-corrected chi connectivity index (χ1v) is 8.81. The van der Waals surface area contributed by atoms with Gasteiger partial charge in [0, 0.05) is 10.7 Å². The van der Waals surface area contributed by atoms with Crippen LogP contribution in [0.15, 0.2) is 45.5 Å². The number of amides is 1. The topological polar surface area (TPSA) is 77.2 Å². The smallest absolute Gasteiger partial charge is 0.279 e. The van der Waals surface area contributed by atoms with E-state index in [1.54, 1.807) is 25.3 Å². The Kier molecular flexibility index (Phi) is 5.37. The van der Waals surface area contributed by atoms with E-state index >= 15 is 0 Å². The molecule has 134 valence electrons. The highest BCUT2D eigenvalue weighted by atomic mass is 79.9. The fraction of sp³-hybridized carbons (Fsp3) is 0.211. The van der Waals surface area contributed by atoms with Crippen LogP contribution in [0.5, 0.6) is 5.75 Å². The van der Waals surface area contributed by atoms with Crippen LogP contribution >= 0.6 is 15.9 Å². The Morgan fingerprint density at radius 1 is 1.19 bits per heavy atom. The number of nitrogens with one attached hydrogen (secondary N) is 1. The van der Waals surface area contributed by atoms with Crippen LogP contribution in [0.3, 0.4) is 0 Å². The van der Waals surface area contributed by atoms with E-state index in [1.807, 2.05) is 32.0 Å². The van der Waals surface area contributed by atoms with Crippen LogP contribution in [0.2, 0.25) is 0 Å². The molecular formula is C19H18BrN3O3. The van der Waals surface area contributed by atoms with E-state index in [-0.39, 0.29) is 12.3 Å². The zero-order valence-electron chi connectivity index (χ0n) is 14.7. The van der Waals surface area contributed by atoms with Crippen LogP contribution in [-0.4, -0.2) is 16.0 Å². The molecule has 0 aliphatic rings. The van der Waals surface area contributed by atoms with Crippen LogP contribution < -0.4 is 10.1 Å². The number of anilines is 1. The minimum absolute atomic E-state index is 0.189. The zero-order chi connectivity index (χ0) is 18.7. The summed E-state index contributed by atoms with van der Waals surface area (Å²) in [6.45, 7) is 6.01. The molecule has 2 aromatic heterocycles. The van der Waals surface area contributed by atoms with Crippen molar-refractivity contribution in [3.05, 3.63) is 69.1 Å². The van der Waals surface area contributed by atoms with Crippen LogP contribution in [-0.2, 0) is 6.61 Å². The van der Waals surface area contributed by atoms with Gasteiger partial charge in [-0.15, -0.1) is 0 Å². The summed E-state index contributed by atoms with van der Waals surface area (Å²) in [6.07, 6.45) is 1.60. The molecule has 3 rings (SSSR count). The van der Waals surface area contributed by atoms with Crippen molar-refractivity contribution in [1.82, 2.24) is 10.1 Å². The Morgan fingerprint density at radius 2 is 2.00 bits per heavy atom. The Labute approximate surface area is 159 Å². The monoisotopic (exact) mass is 415 g/mol. The molecular weight excluding hydrogens is 398 g/mol. The first kappa shape index (κ1) is 18.1. The number of rotatable bonds is 5. The average molecular weight is 416 g/mol. The zero-order valence-corrected chi connectivity index (χ0v) is 16.3. The SMILES string of the molecule is Cc1ccc(OCc2c(C(=O)Nc3ccc(Br)cn3)noc2C)cc1C. The summed E-state index contributed by atoms with van der Waals surface area (Å²) in [5.74, 6) is 1.31. The van der Waals surface area contributed by atoms with E-state index in [9.17, 15) is 4.79 Å². The van der Waals surface area contributed by atoms with Crippen molar-refractivity contribution in [2.24, 2.45) is 0 Å². The van der Waals surface area contributed by atoms with E-state index in [4.69, 9.17) is 9.26 Å². The van der Waals surface area contributed by atoms with Crippen molar-refractivity contribution in [3.63, 3.8) is 0 Å². The second-order valence-electron chi connectivity index (χ2n) is 5.92. The van der Waals surface area contributed by atoms with Crippen LogP contribution in [0.25, 0.3) is 0 Å². The number of carbonyl (C=O) groups excluding carboxylic acids is 1. The number of hydrogen-bond acceptors (Lipinski definition) is 5. The summed E-state index contributed by atoms with van der Waals surface area (Å²) in [5.41, 5.74) is 3.14. The van der Waals surface area contributed by atoms with Crippen LogP contribution in [0, 0.1) is 20.8 Å². The van der Waals surface area contributed by atoms with Crippen LogP contribution in [0.4, 0.5) is 5.82 Å². The quantitative estimate of drug-likeness (QED) is 0.659. The maximum atomic E-state index is 12.5. The Balaban J connectivity index is 1.74. The van der Waals surface area contributed by atoms with Gasteiger partial charge in [-0.2, -0.15) is 0 Å². The second kappa shape index (κ2) is 7.70. The molecule has 0 radical (unpaired) electrons. The molecule has 0 bridgehead atoms. The second-order valence-corrected chi connectivity index (χ2v) is 6.83. The molecule has 0 atom stereocenters. The van der Waals surface area contributed by atoms with Gasteiger partial charge in [0.15, 0.2) is 5.69 Å². The molecule has 0 saturated heterocycles. The molecule has 0 fully saturated rings. The van der Waals surface area contributed by atoms with Gasteiger partial charge in [-0.1, -0.05) is 11.2 Å². The lowest BCUT2D eigenvalue weighted by atomic mass is 10.1. The molecule has 0 unspecified atom stereocenters. The third-order valence-corrected chi connectivity index (χ3v) is 4.50. The fourth-order valence-corrected chi connectivity index (χ4v) is 2.56. The standard InChI is InChI=1S/C19H18BrN3O3/c1-11-4-6-15(8-12(11)2)25-10-16-13(3)26-23-18(16)19(24)22-17-7-5-14(20)9-21-17/h4-9H,10H2,1-3H3,(H,21,22,24). The highest BCUT2D eigenvalue weighted by Crippen LogP contribution is 2.21. The maximum Gasteiger partial charge on any atom is 0.279 e. The summed E-state index contributed by atoms with van der Waals surface area (Å²) in [4.78, 5) is 16.6. The van der Waals surface area contributed by atoms with E-state index < -0.39 is 5.91 Å². The number of carbonyl (C=O) groups is 1. The third-order valence-electron chi connectivity index (χ3n) is 4.03. The maximum absolute atomic E-state index is 12.5. The van der Waals surface area contributed by atoms with Gasteiger partial charge in [-0.25, -0.2) is 4.98 Å². The average Bonchev–Trinajstić information content (AvgIpc) is 2.99. The highest BCUT2D eigenvalue weighted by molar-refractivity contribution is 9.10. The highest BCUT2D eigenvalue weighted by Gasteiger charge is 2.21. The van der Waals surface area contributed by atoms with Crippen molar-refractivity contribution in [2.75, 3.05) is 5.32 Å². The number of ether oxygens (including phenoxy) is 1. The molecule has 7 heteroatoms. The van der Waals surface area contributed by atoms with Gasteiger partial charge in [0.2, 0.25) is 0 Å². The van der Waals surface area contributed by atoms with E-state index in [1.165, 1.54) is 5.56 Å². The lowest BCUT2D eigenvalue weighted by molar-refractivity contribution is 0.101. The minimum atomic E-state index is -0.393. The van der Waals surface area contributed by atoms with Crippen molar-refractivity contribution < 1.29 is 14.1 Å². The first-order valence-electron chi connectivity index (χ1n) is 8.02. The number of nitrogens with zero attached hydrogens (tertiary/aromatic N) is 2. The van der Waals surface area contributed by atoms with Crippen molar-refractivity contribution in [1.29, 1.82) is 0 Å². The third kappa shape index (κ3) is 4.11. The van der Waals surface area contributed by atoms with Gasteiger partial charge in [-0.3, -0.25) is 4.79 Å². The van der Waals surface area contributed by atoms with Crippen molar-refractivity contribution in [3.8, 4) is 5.75 Å². The number of benzene rings is 1. The van der Waals surface area contributed by atoms with Crippen molar-refractivity contribution in [2.45, 2.75) is 27.4 Å². The normalized spacial score (nSPS) is 10.6. The number of hydrogen-bond donors (Lipinski definition) is 1. The molecule has 0 aliphatic carbocycles. The van der Waals surface area contributed by atoms with Gasteiger partial charge >= 0.3 is 0 Å². The van der Waals surface area contributed by atoms with Gasteiger partial charge in [0.05, 0.1) is 5.56 Å². The molecule has 3 aromatic rings. The molecule has 1 aromatic carbocycles. The molecule has 0 aliphatic heterocycles. The molecule has 6 nitrogen and oxygen atoms in total. The predicted molar refractivity (Wildman–Crippen MR) is 101 cm³/mol. The summed E-state index contributed by atoms with van der Waals surface area (Å²) in [7, 11) is 0. The predicted octanol–water partition coefficient (Wildman–Crippen LogP) is 4.59. The molecule has 1 N–H and O–H groups in total. The van der Waals surface area contributed by atoms with Gasteiger partial charge in [0.25, 0.3) is 5.91 Å². The Bertz CT molecular complexity index is 936. The summed E-state index contributed by atoms with van der Waals surface area (Å²) in [6, 6.07) is 9.35. The van der Waals surface area contributed by atoms with E-state index in [2.05, 4.69) is 31.4 Å². The van der Waals surface area contributed by atoms with Gasteiger partial charge < -0.3 is 14.6 Å². The molecule has 0 spiro atoms.